The highest BCUT2D eigenvalue weighted by Gasteiger charge is 2.28. The van der Waals surface area contributed by atoms with E-state index < -0.39 is 0 Å². The summed E-state index contributed by atoms with van der Waals surface area (Å²) >= 11 is 0. The van der Waals surface area contributed by atoms with Gasteiger partial charge < -0.3 is 9.47 Å². The first-order valence-electron chi connectivity index (χ1n) is 8.91. The van der Waals surface area contributed by atoms with Crippen molar-refractivity contribution in [1.82, 2.24) is 24.4 Å². The lowest BCUT2D eigenvalue weighted by molar-refractivity contribution is 0.0697. The van der Waals surface area contributed by atoms with Gasteiger partial charge in [-0.2, -0.15) is 0 Å². The molecule has 6 heteroatoms. The third-order valence-electron chi connectivity index (χ3n) is 4.81. The van der Waals surface area contributed by atoms with Crippen molar-refractivity contribution in [3.8, 4) is 0 Å². The minimum absolute atomic E-state index is 0.00235. The SMILES string of the molecule is O=C(c1ccccn1)N1CCC[C@@H](c2nccn2Cc2ccncc2)C1. The normalized spacial score (nSPS) is 17.2. The molecule has 0 radical (unpaired) electrons. The zero-order valence-electron chi connectivity index (χ0n) is 14.5. The van der Waals surface area contributed by atoms with Gasteiger partial charge in [0.15, 0.2) is 0 Å². The number of pyridine rings is 2. The van der Waals surface area contributed by atoms with Crippen LogP contribution in [0.2, 0.25) is 0 Å². The number of aromatic nitrogens is 4. The van der Waals surface area contributed by atoms with E-state index in [0.29, 0.717) is 12.2 Å². The predicted molar refractivity (Wildman–Crippen MR) is 97.7 cm³/mol. The first-order valence-corrected chi connectivity index (χ1v) is 8.91. The van der Waals surface area contributed by atoms with Crippen LogP contribution >= 0.6 is 0 Å². The van der Waals surface area contributed by atoms with E-state index in [1.54, 1.807) is 24.7 Å². The van der Waals surface area contributed by atoms with Crippen molar-refractivity contribution in [3.05, 3.63) is 78.4 Å². The first-order chi connectivity index (χ1) is 12.8. The number of carbonyl (C=O) groups excluding carboxylic acids is 1. The van der Waals surface area contributed by atoms with Gasteiger partial charge in [-0.3, -0.25) is 14.8 Å². The van der Waals surface area contributed by atoms with Crippen LogP contribution < -0.4 is 0 Å². The fourth-order valence-electron chi connectivity index (χ4n) is 3.52. The van der Waals surface area contributed by atoms with Crippen LogP contribution in [-0.2, 0) is 6.54 Å². The Morgan fingerprint density at radius 3 is 2.77 bits per heavy atom. The Kier molecular flexibility index (Phi) is 4.73. The topological polar surface area (TPSA) is 63.9 Å². The van der Waals surface area contributed by atoms with E-state index in [2.05, 4.69) is 19.5 Å². The van der Waals surface area contributed by atoms with Crippen LogP contribution in [0.15, 0.2) is 61.3 Å². The zero-order chi connectivity index (χ0) is 17.8. The molecule has 3 aromatic rings. The zero-order valence-corrected chi connectivity index (χ0v) is 14.5. The number of amides is 1. The molecule has 1 atom stereocenters. The molecule has 1 saturated heterocycles. The van der Waals surface area contributed by atoms with E-state index in [1.807, 2.05) is 41.6 Å². The number of carbonyl (C=O) groups is 1. The third kappa shape index (κ3) is 3.49. The molecule has 1 aliphatic rings. The summed E-state index contributed by atoms with van der Waals surface area (Å²) in [6.45, 7) is 2.22. The lowest BCUT2D eigenvalue weighted by Crippen LogP contribution is -2.40. The van der Waals surface area contributed by atoms with E-state index in [9.17, 15) is 4.79 Å². The van der Waals surface area contributed by atoms with Crippen molar-refractivity contribution in [1.29, 1.82) is 0 Å². The van der Waals surface area contributed by atoms with Crippen molar-refractivity contribution in [2.45, 2.75) is 25.3 Å². The van der Waals surface area contributed by atoms with Crippen LogP contribution in [0.25, 0.3) is 0 Å². The summed E-state index contributed by atoms with van der Waals surface area (Å²) in [5.74, 6) is 1.29. The average molecular weight is 347 g/mol. The molecular formula is C20H21N5O. The number of likely N-dealkylation sites (tertiary alicyclic amines) is 1. The second-order valence-electron chi connectivity index (χ2n) is 6.57. The van der Waals surface area contributed by atoms with Crippen molar-refractivity contribution in [3.63, 3.8) is 0 Å². The maximum atomic E-state index is 12.7. The minimum Gasteiger partial charge on any atom is -0.337 e. The van der Waals surface area contributed by atoms with Crippen LogP contribution in [0, 0.1) is 0 Å². The van der Waals surface area contributed by atoms with Crippen molar-refractivity contribution < 1.29 is 4.79 Å². The predicted octanol–water partition coefficient (Wildman–Crippen LogP) is 2.74. The van der Waals surface area contributed by atoms with Gasteiger partial charge in [0.2, 0.25) is 0 Å². The summed E-state index contributed by atoms with van der Waals surface area (Å²) in [6.07, 6.45) is 11.1. The van der Waals surface area contributed by atoms with Crippen molar-refractivity contribution in [2.75, 3.05) is 13.1 Å². The van der Waals surface area contributed by atoms with E-state index >= 15 is 0 Å². The Morgan fingerprint density at radius 1 is 1.08 bits per heavy atom. The van der Waals surface area contributed by atoms with Crippen molar-refractivity contribution >= 4 is 5.91 Å². The molecule has 0 spiro atoms. The number of hydrogen-bond donors (Lipinski definition) is 0. The van der Waals surface area contributed by atoms with E-state index in [1.165, 1.54) is 5.56 Å². The van der Waals surface area contributed by atoms with Gasteiger partial charge in [-0.1, -0.05) is 6.07 Å². The van der Waals surface area contributed by atoms with Gasteiger partial charge in [0.1, 0.15) is 11.5 Å². The molecule has 0 unspecified atom stereocenters. The highest BCUT2D eigenvalue weighted by atomic mass is 16.2. The van der Waals surface area contributed by atoms with Crippen LogP contribution in [0.4, 0.5) is 0 Å². The lowest BCUT2D eigenvalue weighted by atomic mass is 9.96. The molecule has 0 bridgehead atoms. The summed E-state index contributed by atoms with van der Waals surface area (Å²) in [5, 5.41) is 0. The molecule has 26 heavy (non-hydrogen) atoms. The molecule has 0 N–H and O–H groups in total. The monoisotopic (exact) mass is 347 g/mol. The number of hydrogen-bond acceptors (Lipinski definition) is 4. The summed E-state index contributed by atoms with van der Waals surface area (Å²) in [7, 11) is 0. The molecule has 0 aromatic carbocycles. The van der Waals surface area contributed by atoms with E-state index in [4.69, 9.17) is 0 Å². The van der Waals surface area contributed by atoms with Gasteiger partial charge in [-0.05, 0) is 42.7 Å². The van der Waals surface area contributed by atoms with Gasteiger partial charge >= 0.3 is 0 Å². The van der Waals surface area contributed by atoms with Gasteiger partial charge in [0.05, 0.1) is 0 Å². The second kappa shape index (κ2) is 7.47. The average Bonchev–Trinajstić information content (AvgIpc) is 3.17. The molecule has 3 aromatic heterocycles. The number of nitrogens with zero attached hydrogens (tertiary/aromatic N) is 5. The maximum Gasteiger partial charge on any atom is 0.272 e. The molecule has 4 heterocycles. The Balaban J connectivity index is 1.50. The van der Waals surface area contributed by atoms with Gasteiger partial charge in [-0.25, -0.2) is 4.98 Å². The van der Waals surface area contributed by atoms with Crippen LogP contribution in [0.5, 0.6) is 0 Å². The first kappa shape index (κ1) is 16.4. The molecule has 1 fully saturated rings. The fraction of sp³-hybridized carbons (Fsp3) is 0.300. The maximum absolute atomic E-state index is 12.7. The number of rotatable bonds is 4. The molecule has 0 saturated carbocycles. The van der Waals surface area contributed by atoms with E-state index in [0.717, 1.165) is 31.8 Å². The van der Waals surface area contributed by atoms with Gasteiger partial charge in [0.25, 0.3) is 5.91 Å². The number of imidazole rings is 1. The molecule has 0 aliphatic carbocycles. The standard InChI is InChI=1S/C20H21N5O/c26-20(18-5-1-2-8-22-18)25-12-3-4-17(15-25)19-23-11-13-24(19)14-16-6-9-21-10-7-16/h1-2,5-11,13,17H,3-4,12,14-15H2/t17-/m1/s1. The highest BCUT2D eigenvalue weighted by Crippen LogP contribution is 2.27. The molecule has 1 amide bonds. The highest BCUT2D eigenvalue weighted by molar-refractivity contribution is 5.92. The Hall–Kier alpha value is -3.02. The van der Waals surface area contributed by atoms with E-state index in [-0.39, 0.29) is 11.8 Å². The molecule has 132 valence electrons. The van der Waals surface area contributed by atoms with Gasteiger partial charge in [0, 0.05) is 56.5 Å². The lowest BCUT2D eigenvalue weighted by Gasteiger charge is -2.32. The smallest absolute Gasteiger partial charge is 0.272 e. The summed E-state index contributed by atoms with van der Waals surface area (Å²) in [4.78, 5) is 27.5. The van der Waals surface area contributed by atoms with Gasteiger partial charge in [-0.15, -0.1) is 0 Å². The molecule has 1 aliphatic heterocycles. The minimum atomic E-state index is 0.00235. The quantitative estimate of drug-likeness (QED) is 0.728. The molecular weight excluding hydrogens is 326 g/mol. The van der Waals surface area contributed by atoms with Crippen LogP contribution in [0.1, 0.15) is 40.6 Å². The second-order valence-corrected chi connectivity index (χ2v) is 6.57. The Bertz CT molecular complexity index is 862. The van der Waals surface area contributed by atoms with Crippen molar-refractivity contribution in [2.24, 2.45) is 0 Å². The Morgan fingerprint density at radius 2 is 1.96 bits per heavy atom. The fourth-order valence-corrected chi connectivity index (χ4v) is 3.52. The molecule has 6 nitrogen and oxygen atoms in total. The summed E-state index contributed by atoms with van der Waals surface area (Å²) in [5.41, 5.74) is 1.70. The van der Waals surface area contributed by atoms with Crippen LogP contribution in [0.3, 0.4) is 0 Å². The largest absolute Gasteiger partial charge is 0.337 e. The summed E-state index contributed by atoms with van der Waals surface area (Å²) in [6, 6.07) is 9.48. The number of piperidine rings is 1. The molecule has 4 rings (SSSR count). The third-order valence-corrected chi connectivity index (χ3v) is 4.81. The van der Waals surface area contributed by atoms with Crippen LogP contribution in [-0.4, -0.2) is 43.4 Å². The summed E-state index contributed by atoms with van der Waals surface area (Å²) < 4.78 is 2.18. The Labute approximate surface area is 152 Å².